The zero-order valence-electron chi connectivity index (χ0n) is 13.6. The van der Waals surface area contributed by atoms with Gasteiger partial charge in [-0.1, -0.05) is 18.2 Å². The summed E-state index contributed by atoms with van der Waals surface area (Å²) in [5, 5.41) is 7.37. The molecule has 0 aliphatic carbocycles. The number of para-hydroxylation sites is 1. The van der Waals surface area contributed by atoms with E-state index in [1.807, 2.05) is 30.8 Å². The Labute approximate surface area is 144 Å². The molecule has 0 unspecified atom stereocenters. The van der Waals surface area contributed by atoms with E-state index in [9.17, 15) is 4.79 Å². The fourth-order valence-corrected chi connectivity index (χ4v) is 4.12. The predicted octanol–water partition coefficient (Wildman–Crippen LogP) is 2.57. The van der Waals surface area contributed by atoms with E-state index >= 15 is 0 Å². The normalized spacial score (nSPS) is 17.5. The van der Waals surface area contributed by atoms with E-state index in [1.165, 1.54) is 0 Å². The van der Waals surface area contributed by atoms with Crippen LogP contribution >= 0.6 is 11.3 Å². The molecule has 1 aromatic carbocycles. The van der Waals surface area contributed by atoms with Gasteiger partial charge in [-0.25, -0.2) is 4.98 Å². The molecule has 3 aromatic rings. The lowest BCUT2D eigenvalue weighted by molar-refractivity contribution is -0.121. The summed E-state index contributed by atoms with van der Waals surface area (Å²) >= 11 is 1.65. The van der Waals surface area contributed by atoms with Gasteiger partial charge >= 0.3 is 0 Å². The molecule has 0 bridgehead atoms. The number of fused-ring (bicyclic) bond motifs is 1. The van der Waals surface area contributed by atoms with Crippen molar-refractivity contribution in [2.45, 2.75) is 18.9 Å². The molecule has 1 aliphatic heterocycles. The molecular weight excluding hydrogens is 320 g/mol. The Morgan fingerprint density at radius 1 is 1.42 bits per heavy atom. The number of hydrogen-bond acceptors (Lipinski definition) is 4. The molecule has 6 heteroatoms. The molecule has 124 valence electrons. The average Bonchev–Trinajstić information content (AvgIpc) is 3.29. The highest BCUT2D eigenvalue weighted by molar-refractivity contribution is 7.13. The second kappa shape index (κ2) is 6.28. The number of anilines is 1. The van der Waals surface area contributed by atoms with E-state index in [1.54, 1.807) is 11.3 Å². The van der Waals surface area contributed by atoms with Gasteiger partial charge in [-0.05, 0) is 18.1 Å². The van der Waals surface area contributed by atoms with Gasteiger partial charge in [0.2, 0.25) is 5.91 Å². The molecule has 1 saturated heterocycles. The van der Waals surface area contributed by atoms with E-state index in [4.69, 9.17) is 0 Å². The van der Waals surface area contributed by atoms with Gasteiger partial charge in [0.25, 0.3) is 0 Å². The minimum atomic E-state index is 0.0948. The molecule has 0 spiro atoms. The van der Waals surface area contributed by atoms with Crippen LogP contribution in [0.3, 0.4) is 0 Å². The number of carbonyl (C=O) groups excluding carboxylic acids is 1. The zero-order chi connectivity index (χ0) is 16.5. The lowest BCUT2D eigenvalue weighted by Gasteiger charge is -2.15. The molecule has 24 heavy (non-hydrogen) atoms. The predicted molar refractivity (Wildman–Crippen MR) is 97.5 cm³/mol. The van der Waals surface area contributed by atoms with Crippen molar-refractivity contribution in [1.29, 1.82) is 0 Å². The Morgan fingerprint density at radius 2 is 2.29 bits per heavy atom. The number of thiazole rings is 1. The smallest absolute Gasteiger partial charge is 0.224 e. The molecule has 1 atom stereocenters. The van der Waals surface area contributed by atoms with Gasteiger partial charge < -0.3 is 14.8 Å². The number of nitrogens with zero attached hydrogens (tertiary/aromatic N) is 3. The lowest BCUT2D eigenvalue weighted by Crippen LogP contribution is -2.37. The Kier molecular flexibility index (Phi) is 3.98. The van der Waals surface area contributed by atoms with Crippen LogP contribution in [0, 0.1) is 0 Å². The summed E-state index contributed by atoms with van der Waals surface area (Å²) < 4.78 is 2.08. The van der Waals surface area contributed by atoms with Crippen molar-refractivity contribution in [3.8, 4) is 0 Å². The van der Waals surface area contributed by atoms with Crippen molar-refractivity contribution < 1.29 is 4.79 Å². The minimum absolute atomic E-state index is 0.0948. The maximum Gasteiger partial charge on any atom is 0.224 e. The van der Waals surface area contributed by atoms with Crippen molar-refractivity contribution in [2.75, 3.05) is 18.0 Å². The molecule has 3 heterocycles. The van der Waals surface area contributed by atoms with E-state index < -0.39 is 0 Å². The van der Waals surface area contributed by atoms with Crippen molar-refractivity contribution in [1.82, 2.24) is 14.9 Å². The maximum atomic E-state index is 12.5. The summed E-state index contributed by atoms with van der Waals surface area (Å²) in [7, 11) is 2.02. The summed E-state index contributed by atoms with van der Waals surface area (Å²) in [5.41, 5.74) is 2.25. The molecule has 1 fully saturated rings. The first-order valence-electron chi connectivity index (χ1n) is 8.17. The number of nitrogens with one attached hydrogen (secondary N) is 1. The number of aryl methyl sites for hydroxylation is 1. The summed E-state index contributed by atoms with van der Waals surface area (Å²) in [6, 6.07) is 8.42. The van der Waals surface area contributed by atoms with Crippen LogP contribution < -0.4 is 10.2 Å². The third-order valence-electron chi connectivity index (χ3n) is 4.57. The summed E-state index contributed by atoms with van der Waals surface area (Å²) in [5.74, 6) is 0.0948. The Bertz CT molecular complexity index is 855. The highest BCUT2D eigenvalue weighted by Gasteiger charge is 2.25. The topological polar surface area (TPSA) is 50.2 Å². The van der Waals surface area contributed by atoms with Gasteiger partial charge in [0.1, 0.15) is 0 Å². The molecule has 0 saturated carbocycles. The first-order valence-corrected chi connectivity index (χ1v) is 9.05. The third-order valence-corrected chi connectivity index (χ3v) is 5.41. The Balaban J connectivity index is 1.40. The van der Waals surface area contributed by atoms with Crippen LogP contribution in [0.2, 0.25) is 0 Å². The number of amides is 1. The first-order chi connectivity index (χ1) is 11.7. The van der Waals surface area contributed by atoms with Crippen molar-refractivity contribution in [3.05, 3.63) is 47.6 Å². The van der Waals surface area contributed by atoms with E-state index in [0.29, 0.717) is 6.42 Å². The lowest BCUT2D eigenvalue weighted by atomic mass is 10.1. The van der Waals surface area contributed by atoms with Crippen LogP contribution in [0.15, 0.2) is 42.0 Å². The number of hydrogen-bond donors (Lipinski definition) is 1. The zero-order valence-corrected chi connectivity index (χ0v) is 14.4. The number of aromatic nitrogens is 2. The van der Waals surface area contributed by atoms with Crippen LogP contribution in [0.1, 0.15) is 12.0 Å². The van der Waals surface area contributed by atoms with Gasteiger partial charge in [-0.15, -0.1) is 11.3 Å². The molecular formula is C18H20N4OS. The number of rotatable bonds is 4. The van der Waals surface area contributed by atoms with E-state index in [2.05, 4.69) is 38.1 Å². The van der Waals surface area contributed by atoms with E-state index in [-0.39, 0.29) is 11.9 Å². The number of benzene rings is 1. The van der Waals surface area contributed by atoms with E-state index in [0.717, 1.165) is 41.1 Å². The quantitative estimate of drug-likeness (QED) is 0.794. The van der Waals surface area contributed by atoms with Crippen molar-refractivity contribution in [2.24, 2.45) is 7.05 Å². The molecule has 1 N–H and O–H groups in total. The van der Waals surface area contributed by atoms with Gasteiger partial charge in [0, 0.05) is 54.9 Å². The van der Waals surface area contributed by atoms with Crippen LogP contribution in [0.4, 0.5) is 5.13 Å². The molecule has 4 rings (SSSR count). The largest absolute Gasteiger partial charge is 0.351 e. The van der Waals surface area contributed by atoms with Crippen molar-refractivity contribution in [3.63, 3.8) is 0 Å². The fraction of sp³-hybridized carbons (Fsp3) is 0.333. The second-order valence-corrected chi connectivity index (χ2v) is 7.15. The van der Waals surface area contributed by atoms with Crippen LogP contribution in [-0.4, -0.2) is 34.6 Å². The third kappa shape index (κ3) is 2.89. The SMILES string of the molecule is Cn1cc(CC(=O)N[C@H]2CCN(c3nccs3)C2)c2ccccc21. The number of carbonyl (C=O) groups is 1. The minimum Gasteiger partial charge on any atom is -0.351 e. The van der Waals surface area contributed by atoms with Crippen molar-refractivity contribution >= 4 is 33.3 Å². The maximum absolute atomic E-state index is 12.5. The molecule has 1 amide bonds. The highest BCUT2D eigenvalue weighted by Crippen LogP contribution is 2.23. The Morgan fingerprint density at radius 3 is 3.12 bits per heavy atom. The Hall–Kier alpha value is -2.34. The molecule has 5 nitrogen and oxygen atoms in total. The van der Waals surface area contributed by atoms with Gasteiger partial charge in [0.15, 0.2) is 5.13 Å². The van der Waals surface area contributed by atoms with Gasteiger partial charge in [-0.2, -0.15) is 0 Å². The summed E-state index contributed by atoms with van der Waals surface area (Å²) in [6.07, 6.45) is 5.28. The average molecular weight is 340 g/mol. The monoisotopic (exact) mass is 340 g/mol. The second-order valence-electron chi connectivity index (χ2n) is 6.27. The van der Waals surface area contributed by atoms with Crippen LogP contribution in [0.5, 0.6) is 0 Å². The molecule has 2 aromatic heterocycles. The molecule has 0 radical (unpaired) electrons. The first kappa shape index (κ1) is 15.2. The summed E-state index contributed by atoms with van der Waals surface area (Å²) in [6.45, 7) is 1.79. The van der Waals surface area contributed by atoms with Gasteiger partial charge in [0.05, 0.1) is 6.42 Å². The van der Waals surface area contributed by atoms with Crippen LogP contribution in [-0.2, 0) is 18.3 Å². The fourth-order valence-electron chi connectivity index (χ4n) is 3.44. The molecule has 1 aliphatic rings. The standard InChI is InChI=1S/C18H20N4OS/c1-21-11-13(15-4-2-3-5-16(15)21)10-17(23)20-14-6-8-22(12-14)18-19-7-9-24-18/h2-5,7,9,11,14H,6,8,10,12H2,1H3,(H,20,23)/t14-/m0/s1. The highest BCUT2D eigenvalue weighted by atomic mass is 32.1. The van der Waals surface area contributed by atoms with Crippen LogP contribution in [0.25, 0.3) is 10.9 Å². The van der Waals surface area contributed by atoms with Gasteiger partial charge in [-0.3, -0.25) is 4.79 Å². The summed E-state index contributed by atoms with van der Waals surface area (Å²) in [4.78, 5) is 19.1.